The molecular weight excluding hydrogens is 168 g/mol. The van der Waals surface area contributed by atoms with Crippen LogP contribution in [0, 0.1) is 0 Å². The molecule has 0 aliphatic heterocycles. The Labute approximate surface area is 63.9 Å². The van der Waals surface area contributed by atoms with Crippen LogP contribution in [0.5, 0.6) is 0 Å². The number of primary sulfonamides is 1. The molecule has 62 valence electrons. The van der Waals surface area contributed by atoms with Crippen molar-refractivity contribution in [3.63, 3.8) is 0 Å². The van der Waals surface area contributed by atoms with Crippen LogP contribution in [0.4, 0.5) is 0 Å². The first-order valence-corrected chi connectivity index (χ1v) is 4.39. The zero-order valence-electron chi connectivity index (χ0n) is 5.61. The fourth-order valence-electron chi connectivity index (χ4n) is 0.674. The Hall–Kier alpha value is -0.850. The number of aromatic amines is 1. The summed E-state index contributed by atoms with van der Waals surface area (Å²) in [4.78, 5) is 2.54. The number of aliphatic hydroxyl groups excluding tert-OH is 1. The van der Waals surface area contributed by atoms with Gasteiger partial charge in [-0.25, -0.2) is 13.6 Å². The second-order valence-electron chi connectivity index (χ2n) is 2.06. The van der Waals surface area contributed by atoms with Crippen molar-refractivity contribution < 1.29 is 13.5 Å². The predicted molar refractivity (Wildman–Crippen MR) is 38.1 cm³/mol. The third-order valence-corrected chi connectivity index (χ3v) is 2.11. The molecule has 0 aliphatic carbocycles. The summed E-state index contributed by atoms with van der Waals surface area (Å²) >= 11 is 0. The number of nitrogens with two attached hydrogens (primary N) is 1. The highest BCUT2D eigenvalue weighted by Gasteiger charge is 2.08. The fraction of sp³-hybridized carbons (Fsp3) is 0.200. The van der Waals surface area contributed by atoms with Crippen molar-refractivity contribution in [2.75, 3.05) is 0 Å². The van der Waals surface area contributed by atoms with Crippen LogP contribution >= 0.6 is 0 Å². The van der Waals surface area contributed by atoms with E-state index < -0.39 is 10.0 Å². The topological polar surface area (TPSA) is 96.2 Å². The lowest BCUT2D eigenvalue weighted by Gasteiger charge is -1.87. The van der Waals surface area contributed by atoms with Gasteiger partial charge in [0.2, 0.25) is 10.0 Å². The molecule has 0 atom stereocenters. The molecule has 1 aromatic rings. The minimum Gasteiger partial charge on any atom is -0.390 e. The highest BCUT2D eigenvalue weighted by atomic mass is 32.2. The van der Waals surface area contributed by atoms with Gasteiger partial charge in [-0.3, -0.25) is 0 Å². The average molecular weight is 176 g/mol. The van der Waals surface area contributed by atoms with Gasteiger partial charge in [-0.2, -0.15) is 0 Å². The van der Waals surface area contributed by atoms with Gasteiger partial charge in [-0.1, -0.05) is 0 Å². The summed E-state index contributed by atoms with van der Waals surface area (Å²) in [6.07, 6.45) is 1.24. The average Bonchev–Trinajstić information content (AvgIpc) is 2.32. The maximum absolute atomic E-state index is 10.6. The summed E-state index contributed by atoms with van der Waals surface area (Å²) in [5.74, 6) is 0. The van der Waals surface area contributed by atoms with Crippen LogP contribution in [0.3, 0.4) is 0 Å². The van der Waals surface area contributed by atoms with Crippen molar-refractivity contribution in [3.05, 3.63) is 18.0 Å². The lowest BCUT2D eigenvalue weighted by molar-refractivity contribution is 0.277. The van der Waals surface area contributed by atoms with Crippen LogP contribution in [0.25, 0.3) is 0 Å². The number of aromatic nitrogens is 1. The third kappa shape index (κ3) is 1.79. The van der Waals surface area contributed by atoms with Gasteiger partial charge in [0.1, 0.15) is 0 Å². The van der Waals surface area contributed by atoms with E-state index in [1.807, 2.05) is 0 Å². The summed E-state index contributed by atoms with van der Waals surface area (Å²) in [7, 11) is -3.63. The van der Waals surface area contributed by atoms with Gasteiger partial charge in [0.15, 0.2) is 0 Å². The third-order valence-electron chi connectivity index (χ3n) is 1.22. The molecule has 0 saturated heterocycles. The molecule has 1 aromatic heterocycles. The lowest BCUT2D eigenvalue weighted by atomic mass is 10.5. The highest BCUT2D eigenvalue weighted by Crippen LogP contribution is 2.07. The standard InChI is InChI=1S/C5H8N2O3S/c6-11(9,10)5-1-4(3-8)7-2-5/h1-2,7-8H,3H2,(H2,6,9,10). The first-order chi connectivity index (χ1) is 5.04. The van der Waals surface area contributed by atoms with Gasteiger partial charge in [-0.05, 0) is 6.07 Å². The van der Waals surface area contributed by atoms with E-state index in [1.54, 1.807) is 0 Å². The number of hydrogen-bond acceptors (Lipinski definition) is 3. The summed E-state index contributed by atoms with van der Waals surface area (Å²) < 4.78 is 21.3. The number of hydrogen-bond donors (Lipinski definition) is 3. The summed E-state index contributed by atoms with van der Waals surface area (Å²) in [5, 5.41) is 13.3. The van der Waals surface area contributed by atoms with E-state index in [0.29, 0.717) is 5.69 Å². The van der Waals surface area contributed by atoms with Gasteiger partial charge >= 0.3 is 0 Å². The van der Waals surface area contributed by atoms with E-state index >= 15 is 0 Å². The molecule has 5 nitrogen and oxygen atoms in total. The van der Waals surface area contributed by atoms with E-state index in [-0.39, 0.29) is 11.5 Å². The largest absolute Gasteiger partial charge is 0.390 e. The molecule has 0 aliphatic rings. The monoisotopic (exact) mass is 176 g/mol. The van der Waals surface area contributed by atoms with Gasteiger partial charge in [0.05, 0.1) is 11.5 Å². The minimum atomic E-state index is -3.63. The van der Waals surface area contributed by atoms with Crippen molar-refractivity contribution >= 4 is 10.0 Å². The van der Waals surface area contributed by atoms with Crippen LogP contribution in [-0.4, -0.2) is 18.5 Å². The van der Waals surface area contributed by atoms with Crippen LogP contribution < -0.4 is 5.14 Å². The van der Waals surface area contributed by atoms with E-state index in [1.165, 1.54) is 12.3 Å². The molecule has 0 radical (unpaired) electrons. The van der Waals surface area contributed by atoms with Gasteiger partial charge in [0, 0.05) is 11.9 Å². The fourth-order valence-corrected chi connectivity index (χ4v) is 1.20. The molecule has 0 bridgehead atoms. The zero-order valence-corrected chi connectivity index (χ0v) is 6.43. The molecule has 1 heterocycles. The first kappa shape index (κ1) is 8.25. The molecule has 0 aromatic carbocycles. The number of H-pyrrole nitrogens is 1. The van der Waals surface area contributed by atoms with E-state index in [9.17, 15) is 8.42 Å². The van der Waals surface area contributed by atoms with Crippen LogP contribution in [-0.2, 0) is 16.6 Å². The van der Waals surface area contributed by atoms with Crippen LogP contribution in [0.15, 0.2) is 17.2 Å². The molecule has 0 saturated carbocycles. The molecule has 0 fully saturated rings. The second-order valence-corrected chi connectivity index (χ2v) is 3.63. The first-order valence-electron chi connectivity index (χ1n) is 2.85. The van der Waals surface area contributed by atoms with Crippen LogP contribution in [0.2, 0.25) is 0 Å². The summed E-state index contributed by atoms with van der Waals surface area (Å²) in [6.45, 7) is -0.227. The van der Waals surface area contributed by atoms with Crippen molar-refractivity contribution in [2.24, 2.45) is 5.14 Å². The zero-order chi connectivity index (χ0) is 8.48. The normalized spacial score (nSPS) is 11.8. The smallest absolute Gasteiger partial charge is 0.239 e. The van der Waals surface area contributed by atoms with Crippen LogP contribution in [0.1, 0.15) is 5.69 Å². The predicted octanol–water partition coefficient (Wildman–Crippen LogP) is -0.846. The number of nitrogens with one attached hydrogen (secondary N) is 1. The maximum Gasteiger partial charge on any atom is 0.239 e. The minimum absolute atomic E-state index is 0.0125. The number of aliphatic hydroxyl groups is 1. The second kappa shape index (κ2) is 2.65. The van der Waals surface area contributed by atoms with Gasteiger partial charge < -0.3 is 10.1 Å². The Morgan fingerprint density at radius 2 is 2.27 bits per heavy atom. The molecule has 0 unspecified atom stereocenters. The van der Waals surface area contributed by atoms with Crippen molar-refractivity contribution in [2.45, 2.75) is 11.5 Å². The Morgan fingerprint density at radius 3 is 2.55 bits per heavy atom. The Bertz CT molecular complexity index is 340. The van der Waals surface area contributed by atoms with E-state index in [2.05, 4.69) is 4.98 Å². The highest BCUT2D eigenvalue weighted by molar-refractivity contribution is 7.89. The number of sulfonamides is 1. The SMILES string of the molecule is NS(=O)(=O)c1c[nH]c(CO)c1. The quantitative estimate of drug-likeness (QED) is 0.547. The van der Waals surface area contributed by atoms with E-state index in [0.717, 1.165) is 0 Å². The molecule has 6 heteroatoms. The summed E-state index contributed by atoms with van der Waals surface area (Å²) in [5.41, 5.74) is 0.425. The molecular formula is C5H8N2O3S. The molecule has 0 amide bonds. The Kier molecular flexibility index (Phi) is 1.99. The van der Waals surface area contributed by atoms with Gasteiger partial charge in [-0.15, -0.1) is 0 Å². The van der Waals surface area contributed by atoms with Crippen molar-refractivity contribution in [1.82, 2.24) is 4.98 Å². The van der Waals surface area contributed by atoms with E-state index in [4.69, 9.17) is 10.2 Å². The molecule has 1 rings (SSSR count). The summed E-state index contributed by atoms with van der Waals surface area (Å²) in [6, 6.07) is 1.29. The lowest BCUT2D eigenvalue weighted by Crippen LogP contribution is -2.10. The van der Waals surface area contributed by atoms with Gasteiger partial charge in [0.25, 0.3) is 0 Å². The van der Waals surface area contributed by atoms with Crippen molar-refractivity contribution in [3.8, 4) is 0 Å². The Balaban J connectivity index is 3.09. The molecule has 11 heavy (non-hydrogen) atoms. The Morgan fingerprint density at radius 1 is 1.64 bits per heavy atom. The molecule has 4 N–H and O–H groups in total. The maximum atomic E-state index is 10.6. The number of rotatable bonds is 2. The van der Waals surface area contributed by atoms with Crippen molar-refractivity contribution in [1.29, 1.82) is 0 Å². The molecule has 0 spiro atoms.